The number of rotatable bonds is 12. The van der Waals surface area contributed by atoms with Gasteiger partial charge in [0.05, 0.1) is 10.6 Å². The summed E-state index contributed by atoms with van der Waals surface area (Å²) in [4.78, 5) is 28.8. The number of carbonyl (C=O) groups excluding carboxylic acids is 2. The maximum atomic E-state index is 14.1. The first-order valence-electron chi connectivity index (χ1n) is 13.5. The standard InChI is InChI=1S/C31H38ClN3O4S/c1-6-29(31(37)33-23(4)5)34(20-25-12-10-11-15-28(25)32)30(36)21-35(26-18-16-24(17-19-26)22(2)3)40(38,39)27-13-8-7-9-14-27/h7-19,22-23,29H,6,20-21H2,1-5H3,(H,33,37)/t29-/m0/s1. The van der Waals surface area contributed by atoms with E-state index in [0.717, 1.165) is 9.87 Å². The monoisotopic (exact) mass is 583 g/mol. The lowest BCUT2D eigenvalue weighted by molar-refractivity contribution is -0.140. The number of carbonyl (C=O) groups is 2. The Hall–Kier alpha value is -3.36. The van der Waals surface area contributed by atoms with Gasteiger partial charge < -0.3 is 10.2 Å². The van der Waals surface area contributed by atoms with Crippen molar-refractivity contribution in [3.8, 4) is 0 Å². The Morgan fingerprint density at radius 3 is 2.02 bits per heavy atom. The van der Waals surface area contributed by atoms with Crippen LogP contribution in [0.1, 0.15) is 58.1 Å². The summed E-state index contributed by atoms with van der Waals surface area (Å²) in [6.45, 7) is 9.18. The summed E-state index contributed by atoms with van der Waals surface area (Å²) in [5, 5.41) is 3.35. The van der Waals surface area contributed by atoms with Crippen molar-refractivity contribution in [2.24, 2.45) is 0 Å². The van der Waals surface area contributed by atoms with Crippen LogP contribution < -0.4 is 9.62 Å². The Bertz CT molecular complexity index is 1390. The maximum absolute atomic E-state index is 14.1. The van der Waals surface area contributed by atoms with Crippen molar-refractivity contribution < 1.29 is 18.0 Å². The van der Waals surface area contributed by atoms with Crippen LogP contribution >= 0.6 is 11.6 Å². The van der Waals surface area contributed by atoms with Gasteiger partial charge in [-0.1, -0.05) is 80.9 Å². The molecule has 9 heteroatoms. The zero-order valence-electron chi connectivity index (χ0n) is 23.7. The summed E-state index contributed by atoms with van der Waals surface area (Å²) in [6.07, 6.45) is 0.337. The SMILES string of the molecule is CC[C@@H](C(=O)NC(C)C)N(Cc1ccccc1Cl)C(=O)CN(c1ccc(C(C)C)cc1)S(=O)(=O)c1ccccc1. The lowest BCUT2D eigenvalue weighted by Gasteiger charge is -2.33. The molecule has 0 bridgehead atoms. The zero-order chi connectivity index (χ0) is 29.4. The molecule has 0 aliphatic carbocycles. The molecule has 0 unspecified atom stereocenters. The van der Waals surface area contributed by atoms with Gasteiger partial charge in [0, 0.05) is 17.6 Å². The average Bonchev–Trinajstić information content (AvgIpc) is 2.92. The summed E-state index contributed by atoms with van der Waals surface area (Å²) in [7, 11) is -4.11. The van der Waals surface area contributed by atoms with E-state index in [1.165, 1.54) is 17.0 Å². The Labute approximate surface area is 243 Å². The Morgan fingerprint density at radius 2 is 1.48 bits per heavy atom. The van der Waals surface area contributed by atoms with Crippen molar-refractivity contribution in [3.05, 3.63) is 95.0 Å². The molecular formula is C31H38ClN3O4S. The molecule has 3 aromatic carbocycles. The van der Waals surface area contributed by atoms with Crippen LogP contribution in [0.25, 0.3) is 0 Å². The Morgan fingerprint density at radius 1 is 0.875 bits per heavy atom. The lowest BCUT2D eigenvalue weighted by Crippen LogP contribution is -2.53. The van der Waals surface area contributed by atoms with Crippen molar-refractivity contribution in [2.75, 3.05) is 10.8 Å². The molecule has 40 heavy (non-hydrogen) atoms. The molecule has 0 aromatic heterocycles. The van der Waals surface area contributed by atoms with E-state index in [0.29, 0.717) is 22.7 Å². The van der Waals surface area contributed by atoms with Gasteiger partial charge in [0.25, 0.3) is 10.0 Å². The van der Waals surface area contributed by atoms with Gasteiger partial charge in [-0.3, -0.25) is 13.9 Å². The van der Waals surface area contributed by atoms with Gasteiger partial charge in [-0.05, 0) is 67.6 Å². The molecule has 0 aliphatic rings. The van der Waals surface area contributed by atoms with Gasteiger partial charge in [0.1, 0.15) is 12.6 Å². The third-order valence-electron chi connectivity index (χ3n) is 6.57. The van der Waals surface area contributed by atoms with Crippen LogP contribution in [0, 0.1) is 0 Å². The number of hydrogen-bond acceptors (Lipinski definition) is 4. The number of halogens is 1. The Kier molecular flexibility index (Phi) is 10.8. The van der Waals surface area contributed by atoms with Crippen LogP contribution in [0.4, 0.5) is 5.69 Å². The fraction of sp³-hybridized carbons (Fsp3) is 0.355. The largest absolute Gasteiger partial charge is 0.352 e. The Balaban J connectivity index is 2.07. The second-order valence-corrected chi connectivity index (χ2v) is 12.5. The van der Waals surface area contributed by atoms with E-state index in [-0.39, 0.29) is 29.3 Å². The van der Waals surface area contributed by atoms with Gasteiger partial charge in [-0.15, -0.1) is 0 Å². The molecule has 0 saturated carbocycles. The van der Waals surface area contributed by atoms with Crippen LogP contribution in [0.2, 0.25) is 5.02 Å². The van der Waals surface area contributed by atoms with Crippen LogP contribution in [0.15, 0.2) is 83.8 Å². The molecule has 0 spiro atoms. The van der Waals surface area contributed by atoms with E-state index < -0.39 is 28.5 Å². The van der Waals surface area contributed by atoms with E-state index in [1.54, 1.807) is 54.6 Å². The summed E-state index contributed by atoms with van der Waals surface area (Å²) >= 11 is 6.43. The van der Waals surface area contributed by atoms with Crippen LogP contribution in [0.5, 0.6) is 0 Å². The minimum absolute atomic E-state index is 0.0496. The minimum atomic E-state index is -4.11. The topological polar surface area (TPSA) is 86.8 Å². The van der Waals surface area contributed by atoms with Gasteiger partial charge >= 0.3 is 0 Å². The molecule has 0 heterocycles. The highest BCUT2D eigenvalue weighted by atomic mass is 35.5. The maximum Gasteiger partial charge on any atom is 0.264 e. The second-order valence-electron chi connectivity index (χ2n) is 10.3. The molecule has 7 nitrogen and oxygen atoms in total. The molecule has 2 amide bonds. The number of benzene rings is 3. The highest BCUT2D eigenvalue weighted by Gasteiger charge is 2.34. The van der Waals surface area contributed by atoms with Crippen molar-refractivity contribution >= 4 is 39.1 Å². The molecule has 3 aromatic rings. The number of sulfonamides is 1. The summed E-state index contributed by atoms with van der Waals surface area (Å²) < 4.78 is 28.9. The van der Waals surface area contributed by atoms with E-state index in [2.05, 4.69) is 19.2 Å². The van der Waals surface area contributed by atoms with Crippen molar-refractivity contribution in [2.45, 2.75) is 70.5 Å². The molecular weight excluding hydrogens is 546 g/mol. The second kappa shape index (κ2) is 13.8. The molecule has 1 atom stereocenters. The van der Waals surface area contributed by atoms with Gasteiger partial charge in [0.2, 0.25) is 11.8 Å². The van der Waals surface area contributed by atoms with Crippen LogP contribution in [0.3, 0.4) is 0 Å². The molecule has 1 N–H and O–H groups in total. The van der Waals surface area contributed by atoms with E-state index in [9.17, 15) is 18.0 Å². The zero-order valence-corrected chi connectivity index (χ0v) is 25.2. The summed E-state index contributed by atoms with van der Waals surface area (Å²) in [6, 6.07) is 21.3. The van der Waals surface area contributed by atoms with Gasteiger partial charge in [-0.2, -0.15) is 0 Å². The van der Waals surface area contributed by atoms with Crippen LogP contribution in [-0.2, 0) is 26.2 Å². The van der Waals surface area contributed by atoms with Crippen LogP contribution in [-0.4, -0.2) is 43.8 Å². The van der Waals surface area contributed by atoms with E-state index >= 15 is 0 Å². The fourth-order valence-electron chi connectivity index (χ4n) is 4.38. The first-order chi connectivity index (χ1) is 18.9. The smallest absolute Gasteiger partial charge is 0.264 e. The third kappa shape index (κ3) is 7.64. The fourth-order valence-corrected chi connectivity index (χ4v) is 6.01. The third-order valence-corrected chi connectivity index (χ3v) is 8.73. The highest BCUT2D eigenvalue weighted by Crippen LogP contribution is 2.27. The summed E-state index contributed by atoms with van der Waals surface area (Å²) in [5.41, 5.74) is 2.06. The molecule has 0 fully saturated rings. The van der Waals surface area contributed by atoms with Crippen molar-refractivity contribution in [1.82, 2.24) is 10.2 Å². The number of hydrogen-bond donors (Lipinski definition) is 1. The predicted octanol–water partition coefficient (Wildman–Crippen LogP) is 5.99. The average molecular weight is 584 g/mol. The highest BCUT2D eigenvalue weighted by molar-refractivity contribution is 7.92. The van der Waals surface area contributed by atoms with Gasteiger partial charge in [-0.25, -0.2) is 8.42 Å². The lowest BCUT2D eigenvalue weighted by atomic mass is 10.0. The number of nitrogens with one attached hydrogen (secondary N) is 1. The predicted molar refractivity (Wildman–Crippen MR) is 161 cm³/mol. The number of amides is 2. The van der Waals surface area contributed by atoms with Gasteiger partial charge in [0.15, 0.2) is 0 Å². The normalized spacial score (nSPS) is 12.3. The van der Waals surface area contributed by atoms with E-state index in [4.69, 9.17) is 11.6 Å². The summed E-state index contributed by atoms with van der Waals surface area (Å²) in [5.74, 6) is -0.569. The molecule has 3 rings (SSSR count). The number of nitrogens with zero attached hydrogens (tertiary/aromatic N) is 2. The minimum Gasteiger partial charge on any atom is -0.352 e. The molecule has 0 aliphatic heterocycles. The van der Waals surface area contributed by atoms with Crippen molar-refractivity contribution in [3.63, 3.8) is 0 Å². The first kappa shape index (κ1) is 31.2. The molecule has 0 saturated heterocycles. The molecule has 0 radical (unpaired) electrons. The molecule has 214 valence electrons. The van der Waals surface area contributed by atoms with E-state index in [1.807, 2.05) is 32.9 Å². The first-order valence-corrected chi connectivity index (χ1v) is 15.3. The quantitative estimate of drug-likeness (QED) is 0.284. The van der Waals surface area contributed by atoms with Crippen molar-refractivity contribution in [1.29, 1.82) is 0 Å². The number of anilines is 1.